The Balaban J connectivity index is 1.29. The van der Waals surface area contributed by atoms with Crippen LogP contribution in [0.5, 0.6) is 5.75 Å². The van der Waals surface area contributed by atoms with Crippen LogP contribution < -0.4 is 10.1 Å². The monoisotopic (exact) mass is 393 g/mol. The fraction of sp³-hybridized carbons (Fsp3) is 0.200. The molecule has 148 valence electrons. The van der Waals surface area contributed by atoms with E-state index in [1.807, 2.05) is 29.0 Å². The van der Waals surface area contributed by atoms with Crippen molar-refractivity contribution in [1.82, 2.24) is 19.7 Å². The van der Waals surface area contributed by atoms with Gasteiger partial charge in [0.1, 0.15) is 12.4 Å². The lowest BCUT2D eigenvalue weighted by Gasteiger charge is -2.12. The summed E-state index contributed by atoms with van der Waals surface area (Å²) >= 11 is 0. The Hall–Kier alpha value is -3.88. The Morgan fingerprint density at radius 3 is 2.97 bits per heavy atom. The van der Waals surface area contributed by atoms with Crippen LogP contribution in [0.25, 0.3) is 11.6 Å². The molecule has 0 saturated heterocycles. The van der Waals surface area contributed by atoms with Gasteiger partial charge in [-0.25, -0.2) is 4.98 Å². The highest BCUT2D eigenvalue weighted by Gasteiger charge is 2.13. The van der Waals surface area contributed by atoms with E-state index in [4.69, 9.17) is 13.7 Å². The summed E-state index contributed by atoms with van der Waals surface area (Å²) in [6.07, 6.45) is 7.37. The second-order valence-electron chi connectivity index (χ2n) is 6.18. The fourth-order valence-electron chi connectivity index (χ4n) is 2.67. The number of benzene rings is 1. The molecule has 0 bridgehead atoms. The molecule has 0 atom stereocenters. The van der Waals surface area contributed by atoms with Gasteiger partial charge in [-0.1, -0.05) is 17.3 Å². The lowest BCUT2D eigenvalue weighted by atomic mass is 10.2. The third kappa shape index (κ3) is 4.89. The molecular weight excluding hydrogens is 374 g/mol. The number of aromatic nitrogens is 4. The van der Waals surface area contributed by atoms with E-state index in [1.165, 1.54) is 6.26 Å². The lowest BCUT2D eigenvalue weighted by Crippen LogP contribution is -2.14. The molecule has 1 N–H and O–H groups in total. The van der Waals surface area contributed by atoms with Gasteiger partial charge in [0.15, 0.2) is 5.76 Å². The van der Waals surface area contributed by atoms with Crippen molar-refractivity contribution < 1.29 is 18.5 Å². The minimum Gasteiger partial charge on any atom is -0.490 e. The first-order valence-corrected chi connectivity index (χ1v) is 9.12. The highest BCUT2D eigenvalue weighted by molar-refractivity contribution is 5.92. The molecule has 0 aliphatic rings. The molecule has 0 spiro atoms. The van der Waals surface area contributed by atoms with Crippen LogP contribution in [0.15, 0.2) is 70.3 Å². The summed E-state index contributed by atoms with van der Waals surface area (Å²) in [5, 5.41) is 6.72. The maximum absolute atomic E-state index is 12.3. The number of anilines is 1. The maximum atomic E-state index is 12.3. The molecule has 0 fully saturated rings. The topological polar surface area (TPSA) is 108 Å². The van der Waals surface area contributed by atoms with Crippen molar-refractivity contribution in [1.29, 1.82) is 0 Å². The van der Waals surface area contributed by atoms with Crippen LogP contribution in [0.3, 0.4) is 0 Å². The normalized spacial score (nSPS) is 10.8. The summed E-state index contributed by atoms with van der Waals surface area (Å²) in [7, 11) is 0. The van der Waals surface area contributed by atoms with Crippen LogP contribution in [-0.4, -0.2) is 32.2 Å². The van der Waals surface area contributed by atoms with E-state index in [-0.39, 0.29) is 12.3 Å². The lowest BCUT2D eigenvalue weighted by molar-refractivity contribution is -0.116. The van der Waals surface area contributed by atoms with Crippen LogP contribution >= 0.6 is 0 Å². The van der Waals surface area contributed by atoms with Crippen molar-refractivity contribution in [2.45, 2.75) is 19.4 Å². The van der Waals surface area contributed by atoms with Crippen molar-refractivity contribution in [2.75, 3.05) is 11.9 Å². The van der Waals surface area contributed by atoms with Gasteiger partial charge in [-0.2, -0.15) is 4.98 Å². The van der Waals surface area contributed by atoms with Gasteiger partial charge in [-0.05, 0) is 24.3 Å². The number of hydrogen-bond acceptors (Lipinski definition) is 7. The average Bonchev–Trinajstić information content (AvgIpc) is 3.49. The molecular formula is C20H19N5O4. The van der Waals surface area contributed by atoms with Crippen molar-refractivity contribution in [3.05, 3.63) is 67.3 Å². The number of para-hydroxylation sites is 2. The van der Waals surface area contributed by atoms with Crippen LogP contribution in [0.2, 0.25) is 0 Å². The third-order valence-corrected chi connectivity index (χ3v) is 4.10. The predicted octanol–water partition coefficient (Wildman–Crippen LogP) is 3.18. The van der Waals surface area contributed by atoms with Crippen LogP contribution in [0.1, 0.15) is 12.3 Å². The molecule has 1 aromatic carbocycles. The number of ether oxygens (including phenoxy) is 1. The quantitative estimate of drug-likeness (QED) is 0.465. The molecule has 0 saturated carbocycles. The first kappa shape index (κ1) is 18.5. The summed E-state index contributed by atoms with van der Waals surface area (Å²) in [5.41, 5.74) is 0.616. The number of nitrogens with zero attached hydrogens (tertiary/aromatic N) is 4. The number of aryl methyl sites for hydroxylation is 1. The first-order chi connectivity index (χ1) is 14.3. The van der Waals surface area contributed by atoms with Crippen molar-refractivity contribution >= 4 is 11.6 Å². The Bertz CT molecular complexity index is 1040. The average molecular weight is 393 g/mol. The van der Waals surface area contributed by atoms with Gasteiger partial charge in [0.25, 0.3) is 0 Å². The summed E-state index contributed by atoms with van der Waals surface area (Å²) in [6.45, 7) is 1.12. The van der Waals surface area contributed by atoms with E-state index >= 15 is 0 Å². The molecule has 1 amide bonds. The summed E-state index contributed by atoms with van der Waals surface area (Å²) in [6, 6.07) is 10.8. The Morgan fingerprint density at radius 2 is 2.14 bits per heavy atom. The maximum Gasteiger partial charge on any atom is 0.238 e. The standard InChI is InChI=1S/C20H19N5O4/c26-18(7-8-19-23-20(24-29-19)17-6-3-12-27-17)22-15-4-1-2-5-16(15)28-13-11-25-10-9-21-14-25/h1-6,9-10,12,14H,7-8,11,13H2,(H,22,26). The second-order valence-corrected chi connectivity index (χ2v) is 6.18. The SMILES string of the molecule is O=C(CCc1nc(-c2ccco2)no1)Nc1ccccc1OCCn1ccnc1. The minimum absolute atomic E-state index is 0.173. The van der Waals surface area contributed by atoms with E-state index < -0.39 is 0 Å². The van der Waals surface area contributed by atoms with E-state index in [9.17, 15) is 4.79 Å². The van der Waals surface area contributed by atoms with Crippen molar-refractivity contribution in [2.24, 2.45) is 0 Å². The molecule has 0 radical (unpaired) electrons. The van der Waals surface area contributed by atoms with Crippen molar-refractivity contribution in [3.8, 4) is 17.3 Å². The van der Waals surface area contributed by atoms with Crippen molar-refractivity contribution in [3.63, 3.8) is 0 Å². The smallest absolute Gasteiger partial charge is 0.238 e. The summed E-state index contributed by atoms with van der Waals surface area (Å²) in [5.74, 6) is 1.69. The molecule has 4 aromatic rings. The molecule has 9 heteroatoms. The second kappa shape index (κ2) is 8.87. The summed E-state index contributed by atoms with van der Waals surface area (Å²) < 4.78 is 18.1. The zero-order valence-corrected chi connectivity index (χ0v) is 15.5. The van der Waals surface area contributed by atoms with Gasteiger partial charge in [-0.3, -0.25) is 4.79 Å². The predicted molar refractivity (Wildman–Crippen MR) is 103 cm³/mol. The van der Waals surface area contributed by atoms with Gasteiger partial charge in [-0.15, -0.1) is 0 Å². The number of furan rings is 1. The number of imidazole rings is 1. The van der Waals surface area contributed by atoms with Gasteiger partial charge < -0.3 is 23.6 Å². The fourth-order valence-corrected chi connectivity index (χ4v) is 2.67. The van der Waals surface area contributed by atoms with Gasteiger partial charge in [0.2, 0.25) is 17.6 Å². The molecule has 9 nitrogen and oxygen atoms in total. The minimum atomic E-state index is -0.173. The van der Waals surface area contributed by atoms with E-state index in [2.05, 4.69) is 20.4 Å². The number of amides is 1. The van der Waals surface area contributed by atoms with E-state index in [0.717, 1.165) is 0 Å². The highest BCUT2D eigenvalue weighted by Crippen LogP contribution is 2.24. The zero-order valence-electron chi connectivity index (χ0n) is 15.5. The molecule has 0 unspecified atom stereocenters. The summed E-state index contributed by atoms with van der Waals surface area (Å²) in [4.78, 5) is 20.6. The van der Waals surface area contributed by atoms with Gasteiger partial charge in [0, 0.05) is 25.2 Å². The number of hydrogen-bond donors (Lipinski definition) is 1. The van der Waals surface area contributed by atoms with Crippen LogP contribution in [0, 0.1) is 0 Å². The zero-order chi connectivity index (χ0) is 19.9. The molecule has 3 aromatic heterocycles. The first-order valence-electron chi connectivity index (χ1n) is 9.12. The Morgan fingerprint density at radius 1 is 1.21 bits per heavy atom. The van der Waals surface area contributed by atoms with E-state index in [0.29, 0.717) is 48.5 Å². The molecule has 0 aliphatic carbocycles. The molecule has 29 heavy (non-hydrogen) atoms. The van der Waals surface area contributed by atoms with Crippen LogP contribution in [-0.2, 0) is 17.8 Å². The number of nitrogens with one attached hydrogen (secondary N) is 1. The van der Waals surface area contributed by atoms with Gasteiger partial charge >= 0.3 is 0 Å². The molecule has 0 aliphatic heterocycles. The largest absolute Gasteiger partial charge is 0.490 e. The van der Waals surface area contributed by atoms with Crippen LogP contribution in [0.4, 0.5) is 5.69 Å². The Labute approximate surface area is 166 Å². The number of carbonyl (C=O) groups is 1. The highest BCUT2D eigenvalue weighted by atomic mass is 16.5. The van der Waals surface area contributed by atoms with E-state index in [1.54, 1.807) is 30.7 Å². The molecule has 3 heterocycles. The Kier molecular flexibility index (Phi) is 5.65. The molecule has 4 rings (SSSR count). The number of carbonyl (C=O) groups excluding carboxylic acids is 1. The number of rotatable bonds is 9. The third-order valence-electron chi connectivity index (χ3n) is 4.10. The van der Waals surface area contributed by atoms with Gasteiger partial charge in [0.05, 0.1) is 24.8 Å².